The first-order valence-electron chi connectivity index (χ1n) is 27.6. The molecule has 79 heavy (non-hydrogen) atoms. The first kappa shape index (κ1) is 62.3. The van der Waals surface area contributed by atoms with Crippen molar-refractivity contribution in [1.29, 1.82) is 0 Å². The zero-order chi connectivity index (χ0) is 57.1. The van der Waals surface area contributed by atoms with Crippen LogP contribution in [0.5, 0.6) is 0 Å². The van der Waals surface area contributed by atoms with Crippen LogP contribution in [0.25, 0.3) is 10.4 Å². The lowest BCUT2D eigenvalue weighted by molar-refractivity contribution is -0.144. The van der Waals surface area contributed by atoms with Crippen LogP contribution in [-0.2, 0) is 72.1 Å². The number of nitrogens with zero attached hydrogens (tertiary/aromatic N) is 5. The number of β-amino-alcohol motifs (C(OH)–C–C–N with tert-alkyl or cyclic N) is 1. The second-order valence-electron chi connectivity index (χ2n) is 22.1. The summed E-state index contributed by atoms with van der Waals surface area (Å²) in [5, 5.41) is 33.0. The van der Waals surface area contributed by atoms with Crippen molar-refractivity contribution in [2.45, 2.75) is 168 Å². The molecule has 1 saturated carbocycles. The summed E-state index contributed by atoms with van der Waals surface area (Å²) in [6, 6.07) is 4.27. The van der Waals surface area contributed by atoms with Crippen LogP contribution >= 0.6 is 11.3 Å². The molecule has 6 atom stereocenters. The van der Waals surface area contributed by atoms with Gasteiger partial charge in [0, 0.05) is 38.4 Å². The molecular formula is C55H82N10O13S. The van der Waals surface area contributed by atoms with Crippen LogP contribution in [0.15, 0.2) is 29.8 Å². The van der Waals surface area contributed by atoms with E-state index in [1.54, 1.807) is 16.0 Å². The number of aliphatic hydroxyl groups excluding tert-OH is 1. The topological polar surface area (TPSA) is 293 Å². The van der Waals surface area contributed by atoms with Gasteiger partial charge < -0.3 is 65.1 Å². The smallest absolute Gasteiger partial charge is 0.408 e. The largest absolute Gasteiger partial charge is 0.446 e. The van der Waals surface area contributed by atoms with Gasteiger partial charge in [-0.15, -0.1) is 16.4 Å². The van der Waals surface area contributed by atoms with Gasteiger partial charge >= 0.3 is 6.09 Å². The van der Waals surface area contributed by atoms with Gasteiger partial charge in [0.05, 0.1) is 92.8 Å². The van der Waals surface area contributed by atoms with Gasteiger partial charge in [-0.25, -0.2) is 14.5 Å². The molecule has 3 aromatic rings. The molecule has 6 rings (SSSR count). The summed E-state index contributed by atoms with van der Waals surface area (Å²) in [6.45, 7) is 16.5. The zero-order valence-electron chi connectivity index (χ0n) is 46.8. The Bertz CT molecular complexity index is 2470. The monoisotopic (exact) mass is 1120 g/mol. The number of nitrogens with one attached hydrogen (secondary N) is 5. The molecule has 1 aromatic carbocycles. The molecule has 1 aliphatic carbocycles. The lowest BCUT2D eigenvalue weighted by Gasteiger charge is -2.35. The van der Waals surface area contributed by atoms with Crippen molar-refractivity contribution in [3.05, 3.63) is 52.4 Å². The normalized spacial score (nSPS) is 20.5. The molecule has 23 nitrogen and oxygen atoms in total. The molecule has 6 N–H and O–H groups in total. The first-order chi connectivity index (χ1) is 37.8. The average molecular weight is 1120 g/mol. The van der Waals surface area contributed by atoms with Crippen molar-refractivity contribution < 1.29 is 62.4 Å². The molecule has 436 valence electrons. The fourth-order valence-corrected chi connectivity index (χ4v) is 10.6. The van der Waals surface area contributed by atoms with Gasteiger partial charge in [-0.2, -0.15) is 0 Å². The average Bonchev–Trinajstić information content (AvgIpc) is 4.24. The van der Waals surface area contributed by atoms with Crippen LogP contribution in [0, 0.1) is 31.1 Å². The second kappa shape index (κ2) is 30.6. The van der Waals surface area contributed by atoms with E-state index >= 15 is 0 Å². The quantitative estimate of drug-likeness (QED) is 0.0412. The van der Waals surface area contributed by atoms with Gasteiger partial charge in [0.2, 0.25) is 29.5 Å². The Kier molecular flexibility index (Phi) is 24.1. The van der Waals surface area contributed by atoms with Crippen molar-refractivity contribution in [3.8, 4) is 10.4 Å². The lowest BCUT2D eigenvalue weighted by Crippen LogP contribution is -2.57. The molecule has 3 fully saturated rings. The number of rotatable bonds is 30. The Morgan fingerprint density at radius 2 is 1.59 bits per heavy atom. The zero-order valence-corrected chi connectivity index (χ0v) is 47.6. The number of hydrogen-bond acceptors (Lipinski definition) is 17. The van der Waals surface area contributed by atoms with Crippen molar-refractivity contribution in [2.75, 3.05) is 52.7 Å². The van der Waals surface area contributed by atoms with Gasteiger partial charge in [0.1, 0.15) is 36.2 Å². The van der Waals surface area contributed by atoms with E-state index in [1.165, 1.54) is 4.90 Å². The fraction of sp³-hybridized carbons (Fsp3) is 0.673. The number of hydrogen-bond donors (Lipinski definition) is 6. The van der Waals surface area contributed by atoms with Gasteiger partial charge in [-0.05, 0) is 81.3 Å². The molecular weight excluding hydrogens is 1040 g/mol. The van der Waals surface area contributed by atoms with Crippen LogP contribution in [0.1, 0.15) is 115 Å². The standard InChI is InChI=1S/C55H82N10O13S/c1-34(2)26-44(51(70)59-40(31-66)27-39-16-18-56-50(39)69)60-54(73)78-43-14-12-42(13-15-43)77-32-45-36(4)65(63-62-45)19-21-75-23-25-76-24-22-74-20-17-47(68)61-49(55(5,6)7)53(72)64-30-41(67)28-46(64)52(71)57-29-37-8-10-38(11-9-37)48-35(3)58-33-79-48/h8-11,31,33-34,39-44,46,49,67H,12-30,32H2,1-7H3,(H,56,69)(H,57,71)(H,59,70)(H,60,73)(H,61,68)/t39-,40-,41+,42?,43?,44-,46-,49+/m0/s1. The minimum Gasteiger partial charge on any atom is -0.446 e. The van der Waals surface area contributed by atoms with E-state index in [2.05, 4.69) is 41.9 Å². The van der Waals surface area contributed by atoms with E-state index in [9.17, 15) is 38.7 Å². The fourth-order valence-electron chi connectivity index (χ4n) is 9.77. The molecule has 0 unspecified atom stereocenters. The van der Waals surface area contributed by atoms with E-state index in [4.69, 9.17) is 23.7 Å². The highest BCUT2D eigenvalue weighted by atomic mass is 32.1. The first-order valence-corrected chi connectivity index (χ1v) is 28.5. The number of aliphatic hydroxyl groups is 1. The van der Waals surface area contributed by atoms with Crippen LogP contribution in [0.3, 0.4) is 0 Å². The predicted octanol–water partition coefficient (Wildman–Crippen LogP) is 3.45. The van der Waals surface area contributed by atoms with Gasteiger partial charge in [0.15, 0.2) is 0 Å². The van der Waals surface area contributed by atoms with Gasteiger partial charge in [0.25, 0.3) is 0 Å². The maximum Gasteiger partial charge on any atom is 0.408 e. The third-order valence-corrected chi connectivity index (χ3v) is 15.3. The number of benzene rings is 1. The molecule has 4 heterocycles. The number of carbonyl (C=O) groups is 7. The molecule has 0 bridgehead atoms. The Labute approximate surface area is 466 Å². The number of ether oxygens (including phenoxy) is 5. The lowest BCUT2D eigenvalue weighted by atomic mass is 9.85. The van der Waals surface area contributed by atoms with E-state index in [1.807, 2.05) is 78.2 Å². The number of likely N-dealkylation sites (tertiary alicyclic amines) is 1. The number of aryl methyl sites for hydroxylation is 1. The van der Waals surface area contributed by atoms with Crippen LogP contribution in [0.2, 0.25) is 0 Å². The van der Waals surface area contributed by atoms with Gasteiger partial charge in [-0.1, -0.05) is 64.1 Å². The summed E-state index contributed by atoms with van der Waals surface area (Å²) in [5.74, 6) is -2.09. The highest BCUT2D eigenvalue weighted by Gasteiger charge is 2.44. The molecule has 0 spiro atoms. The molecule has 0 radical (unpaired) electrons. The van der Waals surface area contributed by atoms with Crippen LogP contribution in [-0.4, -0.2) is 167 Å². The Morgan fingerprint density at radius 3 is 2.23 bits per heavy atom. The molecule has 2 aliphatic heterocycles. The minimum atomic E-state index is -0.947. The number of amides is 6. The third kappa shape index (κ3) is 19.4. The molecule has 3 aliphatic rings. The maximum atomic E-state index is 14.0. The van der Waals surface area contributed by atoms with Crippen molar-refractivity contribution in [3.63, 3.8) is 0 Å². The number of alkyl carbamates (subject to hydrolysis) is 1. The molecule has 24 heteroatoms. The highest BCUT2D eigenvalue weighted by Crippen LogP contribution is 2.29. The van der Waals surface area contributed by atoms with E-state index in [0.717, 1.165) is 27.4 Å². The maximum absolute atomic E-state index is 14.0. The van der Waals surface area contributed by atoms with Crippen LogP contribution in [0.4, 0.5) is 4.79 Å². The van der Waals surface area contributed by atoms with E-state index in [0.29, 0.717) is 83.4 Å². The number of aldehydes is 1. The second-order valence-corrected chi connectivity index (χ2v) is 22.9. The van der Waals surface area contributed by atoms with Crippen molar-refractivity contribution >= 4 is 53.3 Å². The van der Waals surface area contributed by atoms with E-state index < -0.39 is 53.6 Å². The predicted molar refractivity (Wildman–Crippen MR) is 291 cm³/mol. The van der Waals surface area contributed by atoms with Gasteiger partial charge in [-0.3, -0.25) is 24.0 Å². The molecule has 6 amide bonds. The highest BCUT2D eigenvalue weighted by molar-refractivity contribution is 7.13. The number of aromatic nitrogens is 4. The summed E-state index contributed by atoms with van der Waals surface area (Å²) in [6.07, 6.45) is 2.41. The Morgan fingerprint density at radius 1 is 0.911 bits per heavy atom. The number of carbonyl (C=O) groups excluding carboxylic acids is 7. The van der Waals surface area contributed by atoms with Crippen LogP contribution < -0.4 is 26.6 Å². The minimum absolute atomic E-state index is 0.00743. The molecule has 2 saturated heterocycles. The SMILES string of the molecule is Cc1ncsc1-c1ccc(CNC(=O)[C@@H]2C[C@@H](O)CN2C(=O)[C@@H](NC(=O)CCOCCOCCOCCn2nnc(COC3CCC(OC(=O)N[C@@H](CC(C)C)C(=O)N[C@H](C=O)C[C@@H]4CCNC4=O)CC3)c2C)C(C)(C)C)cc1. The summed E-state index contributed by atoms with van der Waals surface area (Å²) in [7, 11) is 0. The summed E-state index contributed by atoms with van der Waals surface area (Å²) < 4.78 is 30.7. The molecule has 2 aromatic heterocycles. The Balaban J connectivity index is 0.795. The van der Waals surface area contributed by atoms with Crippen molar-refractivity contribution in [2.24, 2.45) is 17.3 Å². The van der Waals surface area contributed by atoms with E-state index in [-0.39, 0.29) is 101 Å². The van der Waals surface area contributed by atoms with Crippen molar-refractivity contribution in [1.82, 2.24) is 51.5 Å². The third-order valence-electron chi connectivity index (χ3n) is 14.3. The number of thiazole rings is 1. The summed E-state index contributed by atoms with van der Waals surface area (Å²) in [4.78, 5) is 97.2. The Hall–Kier alpha value is -5.92. The summed E-state index contributed by atoms with van der Waals surface area (Å²) >= 11 is 1.57. The summed E-state index contributed by atoms with van der Waals surface area (Å²) in [5.41, 5.74) is 5.58.